The summed E-state index contributed by atoms with van der Waals surface area (Å²) in [4.78, 5) is 37.2. The van der Waals surface area contributed by atoms with Gasteiger partial charge in [-0.3, -0.25) is 19.7 Å². The summed E-state index contributed by atoms with van der Waals surface area (Å²) in [7, 11) is 0. The molecule has 0 spiro atoms. The van der Waals surface area contributed by atoms with E-state index in [-0.39, 0.29) is 5.91 Å². The lowest BCUT2D eigenvalue weighted by molar-refractivity contribution is 0.0878. The first-order valence-corrected chi connectivity index (χ1v) is 8.81. The first-order chi connectivity index (χ1) is 11.5. The monoisotopic (exact) mass is 340 g/mol. The third kappa shape index (κ3) is 2.43. The zero-order chi connectivity index (χ0) is 16.8. The number of nitrogens with one attached hydrogen (secondary N) is 2. The Balaban J connectivity index is 1.59. The number of imide groups is 1. The van der Waals surface area contributed by atoms with Crippen molar-refractivity contribution < 1.29 is 14.4 Å². The number of hydrogen-bond donors (Lipinski definition) is 2. The van der Waals surface area contributed by atoms with Crippen molar-refractivity contribution in [1.29, 1.82) is 0 Å². The zero-order valence-corrected chi connectivity index (χ0v) is 14.0. The van der Waals surface area contributed by atoms with Crippen LogP contribution in [-0.2, 0) is 12.8 Å². The SMILES string of the molecule is C[C@@H]1CCc2c(C(=O)Nc3ccc4c(c3)C(=O)NC4=O)csc2C1. The first kappa shape index (κ1) is 15.1. The fourth-order valence-electron chi connectivity index (χ4n) is 3.31. The molecule has 2 N–H and O–H groups in total. The molecule has 3 amide bonds. The van der Waals surface area contributed by atoms with E-state index in [1.165, 1.54) is 4.88 Å². The number of carbonyl (C=O) groups excluding carboxylic acids is 3. The van der Waals surface area contributed by atoms with E-state index >= 15 is 0 Å². The summed E-state index contributed by atoms with van der Waals surface area (Å²) in [6, 6.07) is 4.76. The number of thiophene rings is 1. The lowest BCUT2D eigenvalue weighted by Gasteiger charge is -2.18. The van der Waals surface area contributed by atoms with Crippen LogP contribution in [0.3, 0.4) is 0 Å². The van der Waals surface area contributed by atoms with Crippen LogP contribution in [-0.4, -0.2) is 17.7 Å². The van der Waals surface area contributed by atoms with Crippen molar-refractivity contribution in [2.75, 3.05) is 5.32 Å². The molecule has 1 aliphatic carbocycles. The number of carbonyl (C=O) groups is 3. The highest BCUT2D eigenvalue weighted by Gasteiger charge is 2.27. The van der Waals surface area contributed by atoms with E-state index in [2.05, 4.69) is 17.6 Å². The summed E-state index contributed by atoms with van der Waals surface area (Å²) < 4.78 is 0. The highest BCUT2D eigenvalue weighted by molar-refractivity contribution is 7.10. The molecule has 1 aliphatic heterocycles. The van der Waals surface area contributed by atoms with E-state index in [4.69, 9.17) is 0 Å². The summed E-state index contributed by atoms with van der Waals surface area (Å²) >= 11 is 1.65. The van der Waals surface area contributed by atoms with Crippen LogP contribution in [0.5, 0.6) is 0 Å². The topological polar surface area (TPSA) is 75.3 Å². The smallest absolute Gasteiger partial charge is 0.259 e. The van der Waals surface area contributed by atoms with Crippen molar-refractivity contribution in [3.63, 3.8) is 0 Å². The minimum Gasteiger partial charge on any atom is -0.322 e. The minimum atomic E-state index is -0.423. The van der Waals surface area contributed by atoms with Crippen LogP contribution in [0.1, 0.15) is 54.9 Å². The van der Waals surface area contributed by atoms with Crippen molar-refractivity contribution in [3.8, 4) is 0 Å². The van der Waals surface area contributed by atoms with Gasteiger partial charge in [0.15, 0.2) is 0 Å². The molecular weight excluding hydrogens is 324 g/mol. The average Bonchev–Trinajstić information content (AvgIpc) is 3.08. The molecule has 0 unspecified atom stereocenters. The Bertz CT molecular complexity index is 884. The number of benzene rings is 1. The highest BCUT2D eigenvalue weighted by Crippen LogP contribution is 2.33. The molecule has 2 aliphatic rings. The molecule has 1 aromatic carbocycles. The number of amides is 3. The van der Waals surface area contributed by atoms with E-state index in [0.717, 1.165) is 30.4 Å². The van der Waals surface area contributed by atoms with Gasteiger partial charge in [0.1, 0.15) is 0 Å². The van der Waals surface area contributed by atoms with Crippen LogP contribution >= 0.6 is 11.3 Å². The van der Waals surface area contributed by atoms with Gasteiger partial charge >= 0.3 is 0 Å². The maximum atomic E-state index is 12.6. The van der Waals surface area contributed by atoms with Crippen molar-refractivity contribution in [3.05, 3.63) is 50.7 Å². The van der Waals surface area contributed by atoms with Crippen LogP contribution in [0.4, 0.5) is 5.69 Å². The fraction of sp³-hybridized carbons (Fsp3) is 0.278. The normalized spacial score (nSPS) is 18.8. The van der Waals surface area contributed by atoms with E-state index in [0.29, 0.717) is 22.7 Å². The quantitative estimate of drug-likeness (QED) is 0.825. The summed E-state index contributed by atoms with van der Waals surface area (Å²) in [6.45, 7) is 2.24. The number of hydrogen-bond acceptors (Lipinski definition) is 4. The minimum absolute atomic E-state index is 0.160. The molecule has 5 nitrogen and oxygen atoms in total. The summed E-state index contributed by atoms with van der Waals surface area (Å²) in [5.41, 5.74) is 3.05. The Morgan fingerprint density at radius 3 is 2.88 bits per heavy atom. The predicted molar refractivity (Wildman–Crippen MR) is 91.7 cm³/mol. The molecule has 2 heterocycles. The van der Waals surface area contributed by atoms with Gasteiger partial charge in [-0.05, 0) is 48.9 Å². The molecule has 0 bridgehead atoms. The molecule has 0 saturated carbocycles. The standard InChI is InChI=1S/C18H16N2O3S/c1-9-2-4-11-14(8-24-15(11)6-9)18(23)19-10-3-5-12-13(7-10)17(22)20-16(12)21/h3,5,7-9H,2,4,6H2,1H3,(H,19,23)(H,20,21,22)/t9-/m1/s1. The van der Waals surface area contributed by atoms with Gasteiger partial charge in [0.2, 0.25) is 0 Å². The molecule has 2 aromatic rings. The van der Waals surface area contributed by atoms with Gasteiger partial charge in [-0.1, -0.05) is 6.92 Å². The maximum Gasteiger partial charge on any atom is 0.259 e. The molecule has 0 fully saturated rings. The second-order valence-corrected chi connectivity index (χ2v) is 7.36. The van der Waals surface area contributed by atoms with E-state index < -0.39 is 11.8 Å². The first-order valence-electron chi connectivity index (χ1n) is 7.93. The largest absolute Gasteiger partial charge is 0.322 e. The fourth-order valence-corrected chi connectivity index (χ4v) is 4.56. The molecule has 0 saturated heterocycles. The van der Waals surface area contributed by atoms with Gasteiger partial charge in [0.05, 0.1) is 16.7 Å². The average molecular weight is 340 g/mol. The van der Waals surface area contributed by atoms with Crippen molar-refractivity contribution in [1.82, 2.24) is 5.32 Å². The van der Waals surface area contributed by atoms with Crippen LogP contribution < -0.4 is 10.6 Å². The Hall–Kier alpha value is -2.47. The summed E-state index contributed by atoms with van der Waals surface area (Å²) in [6.07, 6.45) is 3.07. The Morgan fingerprint density at radius 1 is 1.25 bits per heavy atom. The van der Waals surface area contributed by atoms with Gasteiger partial charge in [-0.2, -0.15) is 0 Å². The molecule has 24 heavy (non-hydrogen) atoms. The third-order valence-corrected chi connectivity index (χ3v) is 5.69. The van der Waals surface area contributed by atoms with Gasteiger partial charge in [0.25, 0.3) is 17.7 Å². The maximum absolute atomic E-state index is 12.6. The van der Waals surface area contributed by atoms with E-state index in [1.807, 2.05) is 5.38 Å². The van der Waals surface area contributed by atoms with Gasteiger partial charge < -0.3 is 5.32 Å². The van der Waals surface area contributed by atoms with Crippen molar-refractivity contribution in [2.45, 2.75) is 26.2 Å². The lowest BCUT2D eigenvalue weighted by atomic mass is 9.88. The summed E-state index contributed by atoms with van der Waals surface area (Å²) in [5, 5.41) is 7.01. The predicted octanol–water partition coefficient (Wildman–Crippen LogP) is 3.01. The van der Waals surface area contributed by atoms with Gasteiger partial charge in [0, 0.05) is 15.9 Å². The Kier molecular flexibility index (Phi) is 3.49. The molecule has 4 rings (SSSR count). The van der Waals surface area contributed by atoms with Gasteiger partial charge in [-0.15, -0.1) is 11.3 Å². The number of anilines is 1. The second-order valence-electron chi connectivity index (χ2n) is 6.40. The van der Waals surface area contributed by atoms with Crippen LogP contribution in [0.2, 0.25) is 0 Å². The Labute approximate surface area is 143 Å². The van der Waals surface area contributed by atoms with E-state index in [9.17, 15) is 14.4 Å². The van der Waals surface area contributed by atoms with Crippen LogP contribution in [0.25, 0.3) is 0 Å². The molecule has 6 heteroatoms. The molecule has 0 radical (unpaired) electrons. The van der Waals surface area contributed by atoms with E-state index in [1.54, 1.807) is 29.5 Å². The number of rotatable bonds is 2. The third-order valence-electron chi connectivity index (χ3n) is 4.64. The van der Waals surface area contributed by atoms with Crippen LogP contribution in [0.15, 0.2) is 23.6 Å². The molecular formula is C18H16N2O3S. The molecule has 1 aromatic heterocycles. The highest BCUT2D eigenvalue weighted by atomic mass is 32.1. The Morgan fingerprint density at radius 2 is 2.04 bits per heavy atom. The lowest BCUT2D eigenvalue weighted by Crippen LogP contribution is -2.19. The summed E-state index contributed by atoms with van der Waals surface area (Å²) in [5.74, 6) is -0.312. The van der Waals surface area contributed by atoms with Crippen molar-refractivity contribution in [2.24, 2.45) is 5.92 Å². The van der Waals surface area contributed by atoms with Gasteiger partial charge in [-0.25, -0.2) is 0 Å². The second kappa shape index (κ2) is 5.56. The molecule has 122 valence electrons. The zero-order valence-electron chi connectivity index (χ0n) is 13.1. The van der Waals surface area contributed by atoms with Crippen LogP contribution in [0, 0.1) is 5.92 Å². The molecule has 1 atom stereocenters. The van der Waals surface area contributed by atoms with Crippen molar-refractivity contribution >= 4 is 34.7 Å². The number of fused-ring (bicyclic) bond motifs is 2.